The zero-order valence-electron chi connectivity index (χ0n) is 13.0. The third-order valence-electron chi connectivity index (χ3n) is 4.72. The lowest BCUT2D eigenvalue weighted by molar-refractivity contribution is 0.691. The van der Waals surface area contributed by atoms with E-state index in [1.165, 1.54) is 17.4 Å². The molecule has 23 heavy (non-hydrogen) atoms. The van der Waals surface area contributed by atoms with Crippen LogP contribution >= 0.6 is 11.6 Å². The van der Waals surface area contributed by atoms with E-state index < -0.39 is 0 Å². The summed E-state index contributed by atoms with van der Waals surface area (Å²) < 4.78 is 1.54. The molecule has 2 heterocycles. The molecule has 0 bridgehead atoms. The molecule has 1 aliphatic carbocycles. The second kappa shape index (κ2) is 5.53. The highest BCUT2D eigenvalue weighted by Gasteiger charge is 2.21. The Bertz CT molecular complexity index is 918. The van der Waals surface area contributed by atoms with Gasteiger partial charge in [-0.15, -0.1) is 0 Å². The van der Waals surface area contributed by atoms with Crippen molar-refractivity contribution in [2.75, 3.05) is 0 Å². The Morgan fingerprint density at radius 1 is 1.22 bits per heavy atom. The van der Waals surface area contributed by atoms with Gasteiger partial charge in [-0.1, -0.05) is 36.6 Å². The molecule has 0 spiro atoms. The van der Waals surface area contributed by atoms with Gasteiger partial charge < -0.3 is 0 Å². The van der Waals surface area contributed by atoms with Crippen LogP contribution in [-0.2, 0) is 0 Å². The molecular weight excluding hydrogens is 310 g/mol. The van der Waals surface area contributed by atoms with Gasteiger partial charge in [-0.2, -0.15) is 0 Å². The number of aryl methyl sites for hydroxylation is 1. The highest BCUT2D eigenvalue weighted by atomic mass is 35.5. The molecule has 1 fully saturated rings. The number of nitrogens with one attached hydrogen (secondary N) is 1. The minimum Gasteiger partial charge on any atom is -0.293 e. The van der Waals surface area contributed by atoms with E-state index in [0.717, 1.165) is 35.4 Å². The molecule has 0 unspecified atom stereocenters. The second-order valence-electron chi connectivity index (χ2n) is 6.28. The summed E-state index contributed by atoms with van der Waals surface area (Å²) in [5.41, 5.74) is 4.52. The standard InChI is InChI=1S/C18H18ClN3O/c1-11-17(13-6-8-14(19)9-7-13)18-20-15(12-4-2-3-5-12)10-16(23)22(18)21-11/h6-10,12,21H,2-5H2,1H3. The first-order chi connectivity index (χ1) is 11.1. The van der Waals surface area contributed by atoms with Crippen molar-refractivity contribution < 1.29 is 0 Å². The SMILES string of the molecule is Cc1[nH]n2c(=O)cc(C3CCCC3)nc2c1-c1ccc(Cl)cc1. The van der Waals surface area contributed by atoms with Gasteiger partial charge in [0.15, 0.2) is 5.65 Å². The third kappa shape index (κ3) is 2.47. The average Bonchev–Trinajstić information content (AvgIpc) is 3.16. The van der Waals surface area contributed by atoms with Crippen molar-refractivity contribution in [1.29, 1.82) is 0 Å². The van der Waals surface area contributed by atoms with Crippen LogP contribution in [0.4, 0.5) is 0 Å². The van der Waals surface area contributed by atoms with E-state index in [4.69, 9.17) is 16.6 Å². The topological polar surface area (TPSA) is 50.2 Å². The molecule has 0 atom stereocenters. The number of nitrogens with zero attached hydrogens (tertiary/aromatic N) is 2. The van der Waals surface area contributed by atoms with Crippen LogP contribution < -0.4 is 5.56 Å². The number of fused-ring (bicyclic) bond motifs is 1. The maximum atomic E-state index is 12.5. The molecule has 5 heteroatoms. The Balaban J connectivity index is 1.94. The summed E-state index contributed by atoms with van der Waals surface area (Å²) in [5.74, 6) is 0.418. The fourth-order valence-electron chi connectivity index (χ4n) is 3.56. The number of benzene rings is 1. The van der Waals surface area contributed by atoms with Gasteiger partial charge in [-0.25, -0.2) is 9.50 Å². The monoisotopic (exact) mass is 327 g/mol. The van der Waals surface area contributed by atoms with E-state index in [1.807, 2.05) is 31.2 Å². The number of rotatable bonds is 2. The first-order valence-electron chi connectivity index (χ1n) is 8.02. The number of hydrogen-bond acceptors (Lipinski definition) is 2. The quantitative estimate of drug-likeness (QED) is 0.762. The minimum absolute atomic E-state index is 0.0415. The molecule has 118 valence electrons. The highest BCUT2D eigenvalue weighted by Crippen LogP contribution is 2.34. The molecule has 0 aliphatic heterocycles. The lowest BCUT2D eigenvalue weighted by Gasteiger charge is -2.08. The Labute approximate surface area is 139 Å². The molecule has 4 nitrogen and oxygen atoms in total. The average molecular weight is 328 g/mol. The van der Waals surface area contributed by atoms with Gasteiger partial charge in [-0.3, -0.25) is 9.89 Å². The van der Waals surface area contributed by atoms with E-state index in [2.05, 4.69) is 5.10 Å². The van der Waals surface area contributed by atoms with Crippen LogP contribution in [-0.4, -0.2) is 14.6 Å². The van der Waals surface area contributed by atoms with Crippen LogP contribution in [0.1, 0.15) is 43.0 Å². The van der Waals surface area contributed by atoms with Crippen molar-refractivity contribution in [3.05, 3.63) is 57.1 Å². The lowest BCUT2D eigenvalue weighted by atomic mass is 10.0. The first-order valence-corrected chi connectivity index (χ1v) is 8.39. The molecule has 3 aromatic rings. The largest absolute Gasteiger partial charge is 0.293 e. The summed E-state index contributed by atoms with van der Waals surface area (Å²) in [5, 5.41) is 3.83. The van der Waals surface area contributed by atoms with Gasteiger partial charge >= 0.3 is 0 Å². The van der Waals surface area contributed by atoms with Crippen LogP contribution in [0.2, 0.25) is 5.02 Å². The number of halogens is 1. The number of H-pyrrole nitrogens is 1. The minimum atomic E-state index is -0.0415. The molecule has 2 aromatic heterocycles. The molecule has 1 N–H and O–H groups in total. The normalized spacial score (nSPS) is 15.6. The first kappa shape index (κ1) is 14.5. The van der Waals surface area contributed by atoms with E-state index in [0.29, 0.717) is 16.6 Å². The maximum Gasteiger partial charge on any atom is 0.272 e. The highest BCUT2D eigenvalue weighted by molar-refractivity contribution is 6.30. The summed E-state index contributed by atoms with van der Waals surface area (Å²) >= 11 is 5.99. The van der Waals surface area contributed by atoms with E-state index in [9.17, 15) is 4.79 Å². The molecule has 4 rings (SSSR count). The summed E-state index contributed by atoms with van der Waals surface area (Å²) in [7, 11) is 0. The predicted molar refractivity (Wildman–Crippen MR) is 92.2 cm³/mol. The molecule has 0 saturated heterocycles. The van der Waals surface area contributed by atoms with E-state index in [1.54, 1.807) is 6.07 Å². The van der Waals surface area contributed by atoms with Gasteiger partial charge in [0.05, 0.1) is 5.69 Å². The zero-order valence-corrected chi connectivity index (χ0v) is 13.7. The van der Waals surface area contributed by atoms with E-state index in [-0.39, 0.29) is 5.56 Å². The fourth-order valence-corrected chi connectivity index (χ4v) is 3.69. The van der Waals surface area contributed by atoms with Crippen LogP contribution in [0.5, 0.6) is 0 Å². The van der Waals surface area contributed by atoms with Gasteiger partial charge in [0.2, 0.25) is 0 Å². The summed E-state index contributed by atoms with van der Waals surface area (Å²) in [4.78, 5) is 17.3. The van der Waals surface area contributed by atoms with Crippen molar-refractivity contribution in [2.24, 2.45) is 0 Å². The fraction of sp³-hybridized carbons (Fsp3) is 0.333. The van der Waals surface area contributed by atoms with Crippen molar-refractivity contribution in [3.8, 4) is 11.1 Å². The molecule has 1 saturated carbocycles. The van der Waals surface area contributed by atoms with Crippen LogP contribution in [0.25, 0.3) is 16.8 Å². The van der Waals surface area contributed by atoms with Gasteiger partial charge in [0.25, 0.3) is 5.56 Å². The Morgan fingerprint density at radius 2 is 1.91 bits per heavy atom. The maximum absolute atomic E-state index is 12.5. The second-order valence-corrected chi connectivity index (χ2v) is 6.71. The van der Waals surface area contributed by atoms with Crippen molar-refractivity contribution in [1.82, 2.24) is 14.6 Å². The smallest absolute Gasteiger partial charge is 0.272 e. The molecule has 0 radical (unpaired) electrons. The predicted octanol–water partition coefficient (Wildman–Crippen LogP) is 4.31. The van der Waals surface area contributed by atoms with Crippen molar-refractivity contribution in [3.63, 3.8) is 0 Å². The van der Waals surface area contributed by atoms with Crippen molar-refractivity contribution in [2.45, 2.75) is 38.5 Å². The van der Waals surface area contributed by atoms with Gasteiger partial charge in [0.1, 0.15) is 0 Å². The van der Waals surface area contributed by atoms with Crippen LogP contribution in [0, 0.1) is 6.92 Å². The Kier molecular flexibility index (Phi) is 3.49. The number of hydrogen-bond donors (Lipinski definition) is 1. The third-order valence-corrected chi connectivity index (χ3v) is 4.97. The van der Waals surface area contributed by atoms with Gasteiger partial charge in [0, 0.05) is 28.3 Å². The molecule has 1 aliphatic rings. The Hall–Kier alpha value is -2.07. The summed E-state index contributed by atoms with van der Waals surface area (Å²) in [6.45, 7) is 1.97. The number of aromatic amines is 1. The number of aromatic nitrogens is 3. The Morgan fingerprint density at radius 3 is 2.61 bits per heavy atom. The molecular formula is C18H18ClN3O. The van der Waals surface area contributed by atoms with E-state index >= 15 is 0 Å². The lowest BCUT2D eigenvalue weighted by Crippen LogP contribution is -2.16. The van der Waals surface area contributed by atoms with Gasteiger partial charge in [-0.05, 0) is 37.5 Å². The zero-order chi connectivity index (χ0) is 16.0. The molecule has 1 aromatic carbocycles. The van der Waals surface area contributed by atoms with Crippen LogP contribution in [0.15, 0.2) is 35.1 Å². The van der Waals surface area contributed by atoms with Crippen molar-refractivity contribution >= 4 is 17.2 Å². The van der Waals surface area contributed by atoms with Crippen LogP contribution in [0.3, 0.4) is 0 Å². The summed E-state index contributed by atoms with van der Waals surface area (Å²) in [6, 6.07) is 9.34. The molecule has 0 amide bonds. The summed E-state index contributed by atoms with van der Waals surface area (Å²) in [6.07, 6.45) is 4.70.